The standard InChI is InChI=1S/C57H44N4/c1-56(2)48-30-46-43(38-24-39-26-40-27-50(46)57(39,40)32-38)28-44(48)45-29-47-42-21-9-10-22-51(42)61(52(47)31-49(45)56)41-20-12-19-37(25-41)55-59-53(34-15-7-4-8-16-34)58-54(60-55)36-18-11-17-35(23-36)33-13-5-3-6-14-33/h3-23,25,28-31,38-40,50H,24,26-27,32H2,1-2H3. The zero-order valence-corrected chi connectivity index (χ0v) is 34.4. The van der Waals surface area contributed by atoms with E-state index in [0.29, 0.717) is 22.9 Å². The minimum Gasteiger partial charge on any atom is -0.309 e. The van der Waals surface area contributed by atoms with Gasteiger partial charge in [0.25, 0.3) is 0 Å². The molecule has 3 fully saturated rings. The van der Waals surface area contributed by atoms with Gasteiger partial charge in [0.1, 0.15) is 0 Å². The van der Waals surface area contributed by atoms with Crippen molar-refractivity contribution in [3.05, 3.63) is 180 Å². The maximum Gasteiger partial charge on any atom is 0.164 e. The van der Waals surface area contributed by atoms with Crippen molar-refractivity contribution < 1.29 is 0 Å². The molecule has 9 aromatic rings. The van der Waals surface area contributed by atoms with Crippen LogP contribution in [0.1, 0.15) is 73.6 Å². The third-order valence-corrected chi connectivity index (χ3v) is 16.2. The fourth-order valence-electron chi connectivity index (χ4n) is 13.3. The van der Waals surface area contributed by atoms with Gasteiger partial charge in [-0.15, -0.1) is 0 Å². The van der Waals surface area contributed by atoms with Crippen molar-refractivity contribution in [3.63, 3.8) is 0 Å². The molecule has 1 spiro atoms. The van der Waals surface area contributed by atoms with E-state index in [1.165, 1.54) is 69.7 Å². The highest BCUT2D eigenvalue weighted by Crippen LogP contribution is 2.82. The van der Waals surface area contributed by atoms with Crippen LogP contribution in [0.4, 0.5) is 0 Å². The van der Waals surface area contributed by atoms with Crippen LogP contribution in [0.5, 0.6) is 0 Å². The molecule has 4 heteroatoms. The second-order valence-corrected chi connectivity index (χ2v) is 19.3. The predicted octanol–water partition coefficient (Wildman–Crippen LogP) is 13.9. The van der Waals surface area contributed by atoms with E-state index < -0.39 is 0 Å². The normalized spacial score (nSPS) is 23.2. The lowest BCUT2D eigenvalue weighted by molar-refractivity contribution is -0.146. The molecular formula is C57H44N4. The van der Waals surface area contributed by atoms with E-state index in [2.05, 4.69) is 158 Å². The van der Waals surface area contributed by atoms with Crippen molar-refractivity contribution >= 4 is 21.8 Å². The Balaban J connectivity index is 0.919. The molecule has 2 heterocycles. The summed E-state index contributed by atoms with van der Waals surface area (Å²) in [5.74, 6) is 5.48. The van der Waals surface area contributed by atoms with E-state index in [1.807, 2.05) is 18.2 Å². The Bertz CT molecular complexity index is 3320. The summed E-state index contributed by atoms with van der Waals surface area (Å²) in [6.45, 7) is 4.93. The average Bonchev–Trinajstić information content (AvgIpc) is 3.92. The van der Waals surface area contributed by atoms with Gasteiger partial charge in [0, 0.05) is 38.6 Å². The van der Waals surface area contributed by atoms with Crippen LogP contribution in [0.2, 0.25) is 0 Å². The SMILES string of the molecule is CC1(C)c2cc3c(cc2-c2cc4c5ccccc5n(-c5cccc(-c6nc(-c7ccccc7)nc(-c7cccc(-c8ccccc8)c7)n6)c5)c4cc21)C1CC2CC4CC3C24C1. The summed E-state index contributed by atoms with van der Waals surface area (Å²) in [6.07, 6.45) is 5.78. The van der Waals surface area contributed by atoms with Crippen LogP contribution in [-0.2, 0) is 5.41 Å². The molecule has 5 aliphatic carbocycles. The number of rotatable bonds is 5. The van der Waals surface area contributed by atoms with Gasteiger partial charge in [0.15, 0.2) is 17.5 Å². The van der Waals surface area contributed by atoms with E-state index in [4.69, 9.17) is 15.0 Å². The number of aromatic nitrogens is 4. The van der Waals surface area contributed by atoms with Crippen LogP contribution in [0, 0.1) is 17.3 Å². The lowest BCUT2D eigenvalue weighted by Gasteiger charge is -2.68. The first-order chi connectivity index (χ1) is 29.9. The summed E-state index contributed by atoms with van der Waals surface area (Å²) in [7, 11) is 0. The van der Waals surface area contributed by atoms with E-state index in [0.717, 1.165) is 57.2 Å². The topological polar surface area (TPSA) is 43.6 Å². The molecule has 0 radical (unpaired) electrons. The lowest BCUT2D eigenvalue weighted by Crippen LogP contribution is -2.59. The Labute approximate surface area is 356 Å². The third-order valence-electron chi connectivity index (χ3n) is 16.2. The molecule has 5 unspecified atom stereocenters. The Morgan fingerprint density at radius 1 is 0.475 bits per heavy atom. The Hall–Kier alpha value is -6.65. The molecule has 4 nitrogen and oxygen atoms in total. The van der Waals surface area contributed by atoms with Crippen LogP contribution in [0.25, 0.3) is 83.9 Å². The number of benzene rings is 7. The maximum absolute atomic E-state index is 5.21. The fourth-order valence-corrected chi connectivity index (χ4v) is 13.3. The average molecular weight is 785 g/mol. The van der Waals surface area contributed by atoms with Crippen LogP contribution in [0.15, 0.2) is 158 Å². The number of para-hydroxylation sites is 1. The van der Waals surface area contributed by atoms with E-state index >= 15 is 0 Å². The van der Waals surface area contributed by atoms with Gasteiger partial charge in [-0.05, 0) is 136 Å². The monoisotopic (exact) mass is 784 g/mol. The molecule has 2 bridgehead atoms. The molecule has 2 aromatic heterocycles. The number of hydrogen-bond acceptors (Lipinski definition) is 3. The molecule has 3 saturated carbocycles. The second kappa shape index (κ2) is 12.0. The van der Waals surface area contributed by atoms with Gasteiger partial charge < -0.3 is 4.57 Å². The van der Waals surface area contributed by atoms with Gasteiger partial charge in [-0.1, -0.05) is 135 Å². The smallest absolute Gasteiger partial charge is 0.164 e. The molecule has 0 N–H and O–H groups in total. The summed E-state index contributed by atoms with van der Waals surface area (Å²) in [5.41, 5.74) is 18.5. The minimum absolute atomic E-state index is 0.0969. The van der Waals surface area contributed by atoms with E-state index in [9.17, 15) is 0 Å². The van der Waals surface area contributed by atoms with Crippen LogP contribution >= 0.6 is 0 Å². The van der Waals surface area contributed by atoms with Gasteiger partial charge in [0.05, 0.1) is 11.0 Å². The van der Waals surface area contributed by atoms with Crippen molar-refractivity contribution in [2.45, 2.75) is 56.8 Å². The molecule has 5 atom stereocenters. The molecule has 292 valence electrons. The van der Waals surface area contributed by atoms with Crippen molar-refractivity contribution in [1.82, 2.24) is 19.5 Å². The summed E-state index contributed by atoms with van der Waals surface area (Å²) in [6, 6.07) is 57.4. The van der Waals surface area contributed by atoms with Crippen LogP contribution in [0.3, 0.4) is 0 Å². The lowest BCUT2D eigenvalue weighted by atomic mass is 9.36. The summed E-state index contributed by atoms with van der Waals surface area (Å²) in [5, 5.41) is 2.57. The molecular weight excluding hydrogens is 741 g/mol. The highest BCUT2D eigenvalue weighted by molar-refractivity contribution is 6.11. The molecule has 14 rings (SSSR count). The second-order valence-electron chi connectivity index (χ2n) is 19.3. The predicted molar refractivity (Wildman–Crippen MR) is 247 cm³/mol. The first kappa shape index (κ1) is 34.1. The Morgan fingerprint density at radius 3 is 1.89 bits per heavy atom. The minimum atomic E-state index is -0.0969. The maximum atomic E-state index is 5.21. The number of fused-ring (bicyclic) bond motifs is 10. The molecule has 61 heavy (non-hydrogen) atoms. The summed E-state index contributed by atoms with van der Waals surface area (Å²) < 4.78 is 2.46. The van der Waals surface area contributed by atoms with Gasteiger partial charge in [0.2, 0.25) is 0 Å². The highest BCUT2D eigenvalue weighted by Gasteiger charge is 2.72. The number of nitrogens with zero attached hydrogens (tertiary/aromatic N) is 4. The summed E-state index contributed by atoms with van der Waals surface area (Å²) >= 11 is 0. The van der Waals surface area contributed by atoms with Crippen molar-refractivity contribution in [2.24, 2.45) is 17.3 Å². The van der Waals surface area contributed by atoms with Crippen molar-refractivity contribution in [3.8, 4) is 62.1 Å². The first-order valence-corrected chi connectivity index (χ1v) is 22.3. The van der Waals surface area contributed by atoms with Crippen molar-refractivity contribution in [1.29, 1.82) is 0 Å². The van der Waals surface area contributed by atoms with Gasteiger partial charge in [-0.3, -0.25) is 0 Å². The Morgan fingerprint density at radius 2 is 1.10 bits per heavy atom. The molecule has 7 aromatic carbocycles. The Kier molecular flexibility index (Phi) is 6.71. The number of hydrogen-bond donors (Lipinski definition) is 0. The van der Waals surface area contributed by atoms with Crippen LogP contribution < -0.4 is 0 Å². The largest absolute Gasteiger partial charge is 0.309 e. The van der Waals surface area contributed by atoms with Gasteiger partial charge in [-0.25, -0.2) is 15.0 Å². The van der Waals surface area contributed by atoms with Crippen LogP contribution in [-0.4, -0.2) is 19.5 Å². The molecule has 0 aliphatic heterocycles. The van der Waals surface area contributed by atoms with Gasteiger partial charge >= 0.3 is 0 Å². The molecule has 0 saturated heterocycles. The van der Waals surface area contributed by atoms with E-state index in [1.54, 1.807) is 11.1 Å². The fraction of sp³-hybridized carbons (Fsp3) is 0.211. The van der Waals surface area contributed by atoms with Gasteiger partial charge in [-0.2, -0.15) is 0 Å². The van der Waals surface area contributed by atoms with E-state index in [-0.39, 0.29) is 5.41 Å². The highest BCUT2D eigenvalue weighted by atomic mass is 15.0. The molecule has 5 aliphatic rings. The molecule has 0 amide bonds. The first-order valence-electron chi connectivity index (χ1n) is 22.3. The zero-order chi connectivity index (χ0) is 40.2. The third kappa shape index (κ3) is 4.58. The quantitative estimate of drug-likeness (QED) is 0.175. The van der Waals surface area contributed by atoms with Crippen molar-refractivity contribution in [2.75, 3.05) is 0 Å². The summed E-state index contributed by atoms with van der Waals surface area (Å²) in [4.78, 5) is 15.4. The zero-order valence-electron chi connectivity index (χ0n) is 34.4.